The highest BCUT2D eigenvalue weighted by atomic mass is 16.1. The summed E-state index contributed by atoms with van der Waals surface area (Å²) in [5, 5.41) is 3.16. The van der Waals surface area contributed by atoms with E-state index in [1.165, 1.54) is 25.7 Å². The van der Waals surface area contributed by atoms with Crippen LogP contribution < -0.4 is 22.1 Å². The van der Waals surface area contributed by atoms with Gasteiger partial charge in [-0.05, 0) is 94.6 Å². The molecule has 1 aromatic heterocycles. The van der Waals surface area contributed by atoms with E-state index >= 15 is 0 Å². The fourth-order valence-electron chi connectivity index (χ4n) is 4.87. The second-order valence-corrected chi connectivity index (χ2v) is 12.8. The van der Waals surface area contributed by atoms with Crippen LogP contribution in [0.25, 0.3) is 11.1 Å². The molecule has 3 aromatic rings. The molecule has 54 heavy (non-hydrogen) atoms. The van der Waals surface area contributed by atoms with E-state index < -0.39 is 0 Å². The minimum Gasteiger partial charge on any atom is -0.357 e. The van der Waals surface area contributed by atoms with Gasteiger partial charge < -0.3 is 22.1 Å². The number of nitrogens with zero attached hydrogens (tertiary/aromatic N) is 4. The molecule has 0 bridgehead atoms. The first-order valence-corrected chi connectivity index (χ1v) is 20.6. The summed E-state index contributed by atoms with van der Waals surface area (Å²) in [7, 11) is 0. The van der Waals surface area contributed by atoms with E-state index in [2.05, 4.69) is 69.2 Å². The van der Waals surface area contributed by atoms with Gasteiger partial charge in [0.05, 0.1) is 17.4 Å². The Kier molecular flexibility index (Phi) is 36.4. The number of hydrogen-bond acceptors (Lipinski definition) is 7. The Labute approximate surface area is 332 Å². The highest BCUT2D eigenvalue weighted by Crippen LogP contribution is 2.24. The van der Waals surface area contributed by atoms with E-state index in [0.717, 1.165) is 98.2 Å². The quantitative estimate of drug-likeness (QED) is 0.0635. The van der Waals surface area contributed by atoms with Crippen molar-refractivity contribution in [3.8, 4) is 11.1 Å². The molecule has 0 spiro atoms. The Morgan fingerprint density at radius 2 is 1.37 bits per heavy atom. The molecular formula is C46H81N7O. The number of unbranched alkanes of at least 4 members (excludes halogenated alkanes) is 6. The van der Waals surface area contributed by atoms with Crippen LogP contribution in [0.15, 0.2) is 72.2 Å². The van der Waals surface area contributed by atoms with E-state index in [0.29, 0.717) is 5.56 Å². The second kappa shape index (κ2) is 36.1. The number of nitrogens with one attached hydrogen (secondary N) is 1. The lowest BCUT2D eigenvalue weighted by molar-refractivity contribution is 0.0939. The van der Waals surface area contributed by atoms with Gasteiger partial charge in [0.1, 0.15) is 11.6 Å². The van der Waals surface area contributed by atoms with Crippen LogP contribution in [0, 0.1) is 5.92 Å². The fraction of sp³-hybridized carbons (Fsp3) is 0.565. The van der Waals surface area contributed by atoms with Crippen LogP contribution in [0.3, 0.4) is 0 Å². The molecule has 8 heteroatoms. The molecule has 1 heterocycles. The van der Waals surface area contributed by atoms with Gasteiger partial charge in [0.25, 0.3) is 5.91 Å². The Morgan fingerprint density at radius 3 is 1.85 bits per heavy atom. The van der Waals surface area contributed by atoms with Crippen molar-refractivity contribution in [2.75, 3.05) is 24.5 Å². The number of anilines is 1. The number of amides is 1. The number of allylic oxidation sites excluding steroid dienone is 1. The number of hydrogen-bond donors (Lipinski definition) is 3. The van der Waals surface area contributed by atoms with E-state index in [1.54, 1.807) is 6.08 Å². The van der Waals surface area contributed by atoms with Gasteiger partial charge in [-0.25, -0.2) is 9.97 Å². The third-order valence-corrected chi connectivity index (χ3v) is 8.26. The molecule has 0 radical (unpaired) electrons. The molecule has 1 unspecified atom stereocenters. The summed E-state index contributed by atoms with van der Waals surface area (Å²) >= 11 is 0. The highest BCUT2D eigenvalue weighted by molar-refractivity contribution is 5.95. The van der Waals surface area contributed by atoms with Crippen molar-refractivity contribution in [3.05, 3.63) is 84.3 Å². The van der Waals surface area contributed by atoms with Gasteiger partial charge in [0.2, 0.25) is 0 Å². The zero-order chi connectivity index (χ0) is 40.4. The Balaban J connectivity index is -0.00000177. The van der Waals surface area contributed by atoms with Gasteiger partial charge >= 0.3 is 0 Å². The summed E-state index contributed by atoms with van der Waals surface area (Å²) < 4.78 is 0. The van der Waals surface area contributed by atoms with Crippen molar-refractivity contribution in [2.24, 2.45) is 16.6 Å². The molecule has 1 amide bonds. The van der Waals surface area contributed by atoms with Crippen molar-refractivity contribution in [1.82, 2.24) is 21.4 Å². The van der Waals surface area contributed by atoms with Gasteiger partial charge in [-0.1, -0.05) is 124 Å². The van der Waals surface area contributed by atoms with E-state index in [1.807, 2.05) is 90.1 Å². The van der Waals surface area contributed by atoms with Crippen LogP contribution in [0.5, 0.6) is 0 Å². The standard InChI is InChI=1S/C34H48N6O.C5H12.C3H6.2C2H6.H3N/c1-5-7-8-13-24-40(6-2)33-25-31(38-32(39-33)14-11-9-10-12-23-35)26(3)37-34(41)29-17-15-27(16-18-29)28-19-21-30(36-4)22-20-28;1-4-5(2)3;1-3-2;2*1-2;/h15-22,25-26H,4-14,23-24,35H2,1-3H3,(H,37,41);5H,4H2,1-3H3;3H,1H2,2H3;2*1-2H3;1H3. The SMILES string of the molecule is C=CC.C=Nc1ccc(-c2ccc(C(=O)NC(C)c3cc(N(CC)CCCCCC)nc(CCCCCCN)n3)cc2)cc1.CC.CC.CCC(C)C.N. The lowest BCUT2D eigenvalue weighted by Gasteiger charge is -2.24. The third kappa shape index (κ3) is 23.7. The van der Waals surface area contributed by atoms with Crippen molar-refractivity contribution in [2.45, 2.75) is 146 Å². The number of nitrogens with two attached hydrogens (primary N) is 1. The number of aromatic nitrogens is 2. The lowest BCUT2D eigenvalue weighted by Crippen LogP contribution is -2.29. The molecule has 0 saturated heterocycles. The summed E-state index contributed by atoms with van der Waals surface area (Å²) in [5.74, 6) is 2.56. The molecule has 1 atom stereocenters. The zero-order valence-corrected chi connectivity index (χ0v) is 36.5. The molecule has 6 N–H and O–H groups in total. The second-order valence-electron chi connectivity index (χ2n) is 12.8. The monoisotopic (exact) mass is 748 g/mol. The average Bonchev–Trinajstić information content (AvgIpc) is 3.20. The topological polar surface area (TPSA) is 132 Å². The number of aryl methyl sites for hydroxylation is 1. The van der Waals surface area contributed by atoms with E-state index in [-0.39, 0.29) is 18.1 Å². The van der Waals surface area contributed by atoms with Crippen LogP contribution >= 0.6 is 0 Å². The molecule has 0 fully saturated rings. The van der Waals surface area contributed by atoms with Crippen LogP contribution in [0.2, 0.25) is 0 Å². The fourth-order valence-corrected chi connectivity index (χ4v) is 4.87. The van der Waals surface area contributed by atoms with Crippen LogP contribution in [-0.2, 0) is 6.42 Å². The van der Waals surface area contributed by atoms with Gasteiger partial charge in [-0.15, -0.1) is 6.58 Å². The molecule has 0 aliphatic heterocycles. The van der Waals surface area contributed by atoms with Crippen molar-refractivity contribution in [3.63, 3.8) is 0 Å². The summed E-state index contributed by atoms with van der Waals surface area (Å²) in [5.41, 5.74) is 10.1. The number of aliphatic imine (C=N–C) groups is 1. The minimum absolute atomic E-state index is 0. The molecule has 0 saturated carbocycles. The van der Waals surface area contributed by atoms with Gasteiger partial charge in [0.15, 0.2) is 0 Å². The lowest BCUT2D eigenvalue weighted by atomic mass is 10.0. The summed E-state index contributed by atoms with van der Waals surface area (Å²) in [6, 6.07) is 17.3. The smallest absolute Gasteiger partial charge is 0.251 e. The molecule has 0 aliphatic rings. The van der Waals surface area contributed by atoms with Crippen molar-refractivity contribution in [1.29, 1.82) is 0 Å². The molecule has 8 nitrogen and oxygen atoms in total. The Bertz CT molecular complexity index is 1320. The first-order valence-electron chi connectivity index (χ1n) is 20.6. The summed E-state index contributed by atoms with van der Waals surface area (Å²) in [6.07, 6.45) is 13.1. The molecule has 3 rings (SSSR count). The van der Waals surface area contributed by atoms with Gasteiger partial charge in [0, 0.05) is 31.1 Å². The summed E-state index contributed by atoms with van der Waals surface area (Å²) in [4.78, 5) is 29.3. The maximum Gasteiger partial charge on any atom is 0.251 e. The highest BCUT2D eigenvalue weighted by Gasteiger charge is 2.17. The van der Waals surface area contributed by atoms with Crippen LogP contribution in [-0.4, -0.2) is 42.2 Å². The number of carbonyl (C=O) groups is 1. The number of carbonyl (C=O) groups excluding carboxylic acids is 1. The maximum atomic E-state index is 13.2. The normalized spacial score (nSPS) is 10.2. The maximum absolute atomic E-state index is 13.2. The zero-order valence-electron chi connectivity index (χ0n) is 36.5. The van der Waals surface area contributed by atoms with Gasteiger partial charge in [-0.3, -0.25) is 9.79 Å². The van der Waals surface area contributed by atoms with Crippen LogP contribution in [0.4, 0.5) is 11.5 Å². The summed E-state index contributed by atoms with van der Waals surface area (Å²) in [6.45, 7) is 32.5. The van der Waals surface area contributed by atoms with E-state index in [9.17, 15) is 4.79 Å². The Morgan fingerprint density at radius 1 is 0.852 bits per heavy atom. The predicted molar refractivity (Wildman–Crippen MR) is 241 cm³/mol. The predicted octanol–water partition coefficient (Wildman–Crippen LogP) is 12.9. The van der Waals surface area contributed by atoms with Gasteiger partial charge in [-0.2, -0.15) is 0 Å². The molecule has 2 aromatic carbocycles. The molecule has 0 aliphatic carbocycles. The first-order chi connectivity index (χ1) is 25.7. The van der Waals surface area contributed by atoms with E-state index in [4.69, 9.17) is 15.7 Å². The Hall–Kier alpha value is -3.88. The molecule has 306 valence electrons. The third-order valence-electron chi connectivity index (χ3n) is 8.26. The number of benzene rings is 2. The first kappa shape index (κ1) is 54.5. The van der Waals surface area contributed by atoms with Crippen molar-refractivity contribution >= 4 is 24.1 Å². The van der Waals surface area contributed by atoms with Crippen molar-refractivity contribution < 1.29 is 4.79 Å². The number of rotatable bonds is 19. The minimum atomic E-state index is -0.252. The molecular weight excluding hydrogens is 667 g/mol. The largest absolute Gasteiger partial charge is 0.357 e. The van der Waals surface area contributed by atoms with Crippen LogP contribution in [0.1, 0.15) is 162 Å². The average molecular weight is 748 g/mol.